The molecule has 2 amide bonds. The van der Waals surface area contributed by atoms with Crippen LogP contribution in [0.4, 0.5) is 5.69 Å². The Morgan fingerprint density at radius 3 is 2.31 bits per heavy atom. The summed E-state index contributed by atoms with van der Waals surface area (Å²) in [6.07, 6.45) is 6.09. The van der Waals surface area contributed by atoms with E-state index in [1.807, 2.05) is 30.3 Å². The van der Waals surface area contributed by atoms with Gasteiger partial charge in [0.05, 0.1) is 46.2 Å². The smallest absolute Gasteiger partial charge is 0.223 e. The first-order valence-electron chi connectivity index (χ1n) is 18.2. The molecule has 2 N–H and O–H groups in total. The molecule has 0 radical (unpaired) electrons. The Balaban J connectivity index is 1.13. The highest BCUT2D eigenvalue weighted by molar-refractivity contribution is 5.92. The van der Waals surface area contributed by atoms with Crippen molar-refractivity contribution in [1.29, 1.82) is 0 Å². The predicted octanol–water partition coefficient (Wildman–Crippen LogP) is 7.36. The van der Waals surface area contributed by atoms with Gasteiger partial charge in [-0.25, -0.2) is 0 Å². The quantitative estimate of drug-likeness (QED) is 0.139. The molecular formula is C42H49N3O7. The second-order valence-electron chi connectivity index (χ2n) is 13.5. The van der Waals surface area contributed by atoms with Crippen molar-refractivity contribution in [3.8, 4) is 34.1 Å². The lowest BCUT2D eigenvalue weighted by Gasteiger charge is -2.26. The minimum absolute atomic E-state index is 0.0645. The van der Waals surface area contributed by atoms with E-state index in [1.165, 1.54) is 12.5 Å². The Morgan fingerprint density at radius 2 is 1.58 bits per heavy atom. The minimum Gasteiger partial charge on any atom is -0.496 e. The summed E-state index contributed by atoms with van der Waals surface area (Å²) in [7, 11) is 6.42. The van der Waals surface area contributed by atoms with Gasteiger partial charge < -0.3 is 34.5 Å². The monoisotopic (exact) mass is 707 g/mol. The fraction of sp³-hybridized carbons (Fsp3) is 0.405. The summed E-state index contributed by atoms with van der Waals surface area (Å²) < 4.78 is 22.8. The van der Waals surface area contributed by atoms with Crippen molar-refractivity contribution in [2.45, 2.75) is 70.4 Å². The van der Waals surface area contributed by atoms with E-state index < -0.39 is 0 Å². The molecule has 0 saturated carbocycles. The van der Waals surface area contributed by atoms with Gasteiger partial charge in [-0.3, -0.25) is 14.4 Å². The zero-order chi connectivity index (χ0) is 36.8. The van der Waals surface area contributed by atoms with E-state index in [4.69, 9.17) is 18.9 Å². The van der Waals surface area contributed by atoms with E-state index in [1.54, 1.807) is 40.6 Å². The van der Waals surface area contributed by atoms with E-state index in [0.29, 0.717) is 48.7 Å². The maximum absolute atomic E-state index is 13.6. The molecule has 2 unspecified atom stereocenters. The van der Waals surface area contributed by atoms with Crippen LogP contribution in [0.3, 0.4) is 0 Å². The van der Waals surface area contributed by atoms with Gasteiger partial charge in [0.15, 0.2) is 11.5 Å². The normalized spacial score (nSPS) is 16.4. The number of methoxy groups -OCH3 is 4. The SMILES string of the molecule is COc1cc2c(c(OC)c1OC)-c1ccc(NCCCCCC(=O)N3CCCC3c3ccc(OC)c4ccccc34)c(=O)cc1C(NC(C)=O)CC2. The van der Waals surface area contributed by atoms with Gasteiger partial charge in [0.2, 0.25) is 23.0 Å². The number of ether oxygens (including phenoxy) is 4. The topological polar surface area (TPSA) is 115 Å². The second kappa shape index (κ2) is 16.4. The molecule has 274 valence electrons. The minimum atomic E-state index is -0.370. The third kappa shape index (κ3) is 7.38. The van der Waals surface area contributed by atoms with Gasteiger partial charge in [-0.2, -0.15) is 0 Å². The molecular weight excluding hydrogens is 658 g/mol. The zero-order valence-electron chi connectivity index (χ0n) is 30.8. The number of hydrogen-bond donors (Lipinski definition) is 2. The summed E-state index contributed by atoms with van der Waals surface area (Å²) in [6, 6.07) is 19.3. The average molecular weight is 708 g/mol. The number of fused-ring (bicyclic) bond motifs is 4. The molecule has 10 heteroatoms. The van der Waals surface area contributed by atoms with Crippen molar-refractivity contribution in [3.05, 3.63) is 87.6 Å². The number of rotatable bonds is 13. The first kappa shape index (κ1) is 36.5. The van der Waals surface area contributed by atoms with E-state index in [0.717, 1.165) is 77.4 Å². The van der Waals surface area contributed by atoms with E-state index in [-0.39, 0.29) is 29.3 Å². The molecule has 52 heavy (non-hydrogen) atoms. The molecule has 1 saturated heterocycles. The highest BCUT2D eigenvalue weighted by Gasteiger charge is 2.32. The van der Waals surface area contributed by atoms with Crippen LogP contribution in [0, 0.1) is 0 Å². The first-order chi connectivity index (χ1) is 25.3. The number of hydrogen-bond acceptors (Lipinski definition) is 8. The summed E-state index contributed by atoms with van der Waals surface area (Å²) in [5.41, 5.74) is 4.78. The Morgan fingerprint density at radius 1 is 0.808 bits per heavy atom. The van der Waals surface area contributed by atoms with Gasteiger partial charge in [-0.05, 0) is 90.4 Å². The molecule has 0 spiro atoms. The van der Waals surface area contributed by atoms with Crippen molar-refractivity contribution < 1.29 is 28.5 Å². The molecule has 2 aliphatic rings. The first-order valence-corrected chi connectivity index (χ1v) is 18.2. The maximum Gasteiger partial charge on any atom is 0.223 e. The molecule has 0 bridgehead atoms. The van der Waals surface area contributed by atoms with Gasteiger partial charge in [-0.15, -0.1) is 0 Å². The van der Waals surface area contributed by atoms with E-state index in [9.17, 15) is 14.4 Å². The molecule has 1 fully saturated rings. The number of anilines is 1. The lowest BCUT2D eigenvalue weighted by atomic mass is 9.95. The number of aryl methyl sites for hydroxylation is 1. The lowest BCUT2D eigenvalue weighted by Crippen LogP contribution is -2.30. The molecule has 1 aliphatic carbocycles. The summed E-state index contributed by atoms with van der Waals surface area (Å²) >= 11 is 0. The number of carbonyl (C=O) groups is 2. The van der Waals surface area contributed by atoms with Crippen molar-refractivity contribution >= 4 is 28.3 Å². The Hall–Kier alpha value is -5.25. The van der Waals surface area contributed by atoms with E-state index >= 15 is 0 Å². The number of nitrogens with zero attached hydrogens (tertiary/aromatic N) is 1. The van der Waals surface area contributed by atoms with Gasteiger partial charge in [-0.1, -0.05) is 42.8 Å². The van der Waals surface area contributed by atoms with Crippen LogP contribution in [0.1, 0.15) is 80.6 Å². The molecule has 1 heterocycles. The Labute approximate surface area is 305 Å². The highest BCUT2D eigenvalue weighted by Crippen LogP contribution is 2.50. The fourth-order valence-corrected chi connectivity index (χ4v) is 7.95. The number of carbonyl (C=O) groups excluding carboxylic acids is 2. The van der Waals surface area contributed by atoms with Crippen LogP contribution in [-0.2, 0) is 16.0 Å². The van der Waals surface area contributed by atoms with Gasteiger partial charge in [0, 0.05) is 37.4 Å². The molecule has 2 atom stereocenters. The average Bonchev–Trinajstić information content (AvgIpc) is 3.53. The number of unbranched alkanes of at least 4 members (excludes halogenated alkanes) is 2. The van der Waals surface area contributed by atoms with Crippen molar-refractivity contribution in [2.24, 2.45) is 0 Å². The van der Waals surface area contributed by atoms with Crippen LogP contribution in [-0.4, -0.2) is 58.2 Å². The molecule has 6 rings (SSSR count). The highest BCUT2D eigenvalue weighted by atomic mass is 16.5. The Kier molecular flexibility index (Phi) is 11.5. The van der Waals surface area contributed by atoms with Gasteiger partial charge >= 0.3 is 0 Å². The number of amides is 2. The summed E-state index contributed by atoms with van der Waals surface area (Å²) in [6.45, 7) is 2.84. The van der Waals surface area contributed by atoms with Crippen molar-refractivity contribution in [3.63, 3.8) is 0 Å². The largest absolute Gasteiger partial charge is 0.496 e. The van der Waals surface area contributed by atoms with Gasteiger partial charge in [0.1, 0.15) is 5.75 Å². The third-order valence-electron chi connectivity index (χ3n) is 10.4. The number of nitrogens with one attached hydrogen (secondary N) is 2. The van der Waals surface area contributed by atoms with Gasteiger partial charge in [0.25, 0.3) is 0 Å². The van der Waals surface area contributed by atoms with Crippen molar-refractivity contribution in [2.75, 3.05) is 46.8 Å². The molecule has 10 nitrogen and oxygen atoms in total. The van der Waals surface area contributed by atoms with Crippen LogP contribution < -0.4 is 35.0 Å². The molecule has 1 aliphatic heterocycles. The van der Waals surface area contributed by atoms with Crippen LogP contribution >= 0.6 is 0 Å². The summed E-state index contributed by atoms with van der Waals surface area (Å²) in [5.74, 6) is 2.39. The standard InChI is InChI=1S/C42H49N3O7/c1-26(46)44-33-19-16-27-24-38(50-3)41(51-4)42(52-5)40(27)31-17-20-34(36(47)25-32(31)33)43-22-10-6-7-15-39(48)45-23-11-14-35(45)29-18-21-37(49-2)30-13-9-8-12-28(29)30/h8-9,12-13,17-18,20-21,24-25,33,35H,6-7,10-11,14-16,19,22-23H2,1-5H3,(H,43,47)(H,44,46). The van der Waals surface area contributed by atoms with Crippen LogP contribution in [0.25, 0.3) is 21.9 Å². The molecule has 0 aromatic heterocycles. The number of benzene rings is 3. The third-order valence-corrected chi connectivity index (χ3v) is 10.4. The predicted molar refractivity (Wildman–Crippen MR) is 204 cm³/mol. The fourth-order valence-electron chi connectivity index (χ4n) is 7.95. The summed E-state index contributed by atoms with van der Waals surface area (Å²) in [5, 5.41) is 8.59. The van der Waals surface area contributed by atoms with Crippen LogP contribution in [0.5, 0.6) is 23.0 Å². The second-order valence-corrected chi connectivity index (χ2v) is 13.5. The maximum atomic E-state index is 13.6. The molecule has 4 aromatic carbocycles. The van der Waals surface area contributed by atoms with Crippen LogP contribution in [0.15, 0.2) is 65.5 Å². The summed E-state index contributed by atoms with van der Waals surface area (Å²) in [4.78, 5) is 41.4. The molecule has 4 aromatic rings. The van der Waals surface area contributed by atoms with Crippen molar-refractivity contribution in [1.82, 2.24) is 10.2 Å². The zero-order valence-corrected chi connectivity index (χ0v) is 30.8. The van der Waals surface area contributed by atoms with Crippen LogP contribution in [0.2, 0.25) is 0 Å². The Bertz CT molecular complexity index is 2010. The lowest BCUT2D eigenvalue weighted by molar-refractivity contribution is -0.132. The van der Waals surface area contributed by atoms with E-state index in [2.05, 4.69) is 33.7 Å². The number of likely N-dealkylation sites (tertiary alicyclic amines) is 1.